The van der Waals surface area contributed by atoms with Gasteiger partial charge in [0.2, 0.25) is 5.89 Å². The molecule has 0 amide bonds. The first kappa shape index (κ1) is 18.1. The Balaban J connectivity index is 2.58. The minimum absolute atomic E-state index is 0.198. The van der Waals surface area contributed by atoms with Gasteiger partial charge < -0.3 is 9.52 Å². The van der Waals surface area contributed by atoms with Crippen molar-refractivity contribution in [2.75, 3.05) is 0 Å². The first-order valence-corrected chi connectivity index (χ1v) is 8.23. The van der Waals surface area contributed by atoms with Crippen molar-refractivity contribution >= 4 is 0 Å². The molecule has 0 aliphatic heterocycles. The lowest BCUT2D eigenvalue weighted by molar-refractivity contribution is 0.423. The number of aromatic nitrogens is 1. The Morgan fingerprint density at radius 1 is 1.08 bits per heavy atom. The van der Waals surface area contributed by atoms with Gasteiger partial charge in [0.25, 0.3) is 0 Å². The van der Waals surface area contributed by atoms with Crippen molar-refractivity contribution in [1.82, 2.24) is 4.98 Å². The molecule has 24 heavy (non-hydrogen) atoms. The fourth-order valence-electron chi connectivity index (χ4n) is 2.64. The Morgan fingerprint density at radius 3 is 2.08 bits per heavy atom. The second kappa shape index (κ2) is 6.32. The van der Waals surface area contributed by atoms with E-state index in [2.05, 4.69) is 52.6 Å². The minimum Gasteiger partial charge on any atom is -0.507 e. The Bertz CT molecular complexity index is 733. The third-order valence-electron chi connectivity index (χ3n) is 4.02. The maximum atomic E-state index is 10.8. The second-order valence-corrected chi connectivity index (χ2v) is 8.22. The van der Waals surface area contributed by atoms with Gasteiger partial charge in [-0.15, -0.1) is 0 Å². The molecule has 2 rings (SSSR count). The zero-order valence-corrected chi connectivity index (χ0v) is 15.4. The van der Waals surface area contributed by atoms with Crippen LogP contribution in [0.4, 0.5) is 0 Å². The van der Waals surface area contributed by atoms with Crippen LogP contribution in [-0.4, -0.2) is 10.1 Å². The molecule has 2 aromatic rings. The van der Waals surface area contributed by atoms with Gasteiger partial charge in [-0.1, -0.05) is 41.5 Å². The van der Waals surface area contributed by atoms with Gasteiger partial charge in [-0.25, -0.2) is 4.98 Å². The number of phenols is 1. The van der Waals surface area contributed by atoms with Crippen LogP contribution in [0.25, 0.3) is 11.5 Å². The van der Waals surface area contributed by atoms with Crippen molar-refractivity contribution in [2.24, 2.45) is 0 Å². The van der Waals surface area contributed by atoms with Gasteiger partial charge in [-0.3, -0.25) is 0 Å². The van der Waals surface area contributed by atoms with Crippen molar-refractivity contribution in [2.45, 2.75) is 65.2 Å². The molecular formula is C20H26N2O2. The van der Waals surface area contributed by atoms with Gasteiger partial charge in [-0.05, 0) is 23.0 Å². The van der Waals surface area contributed by atoms with Gasteiger partial charge >= 0.3 is 0 Å². The fraction of sp³-hybridized carbons (Fsp3) is 0.500. The number of aryl methyl sites for hydroxylation is 1. The quantitative estimate of drug-likeness (QED) is 0.852. The Kier molecular flexibility index (Phi) is 4.75. The zero-order valence-electron chi connectivity index (χ0n) is 15.4. The molecule has 0 saturated heterocycles. The maximum Gasteiger partial charge on any atom is 0.226 e. The lowest BCUT2D eigenvalue weighted by atomic mass is 9.78. The van der Waals surface area contributed by atoms with E-state index in [9.17, 15) is 5.11 Å². The molecule has 1 aromatic carbocycles. The van der Waals surface area contributed by atoms with E-state index < -0.39 is 0 Å². The standard InChI is InChI=1S/C20H26N2O2/c1-19(2,3)15-10-13(11-16(17(15)23)20(4,5)6)18-22-14(12-24-18)8-7-9-21/h10-12,23H,7-8H2,1-6H3. The van der Waals surface area contributed by atoms with E-state index in [1.54, 1.807) is 6.26 Å². The second-order valence-electron chi connectivity index (χ2n) is 8.22. The van der Waals surface area contributed by atoms with Crippen molar-refractivity contribution in [1.29, 1.82) is 5.26 Å². The molecule has 0 fully saturated rings. The largest absolute Gasteiger partial charge is 0.507 e. The van der Waals surface area contributed by atoms with Gasteiger partial charge in [0.1, 0.15) is 12.0 Å². The molecule has 0 aliphatic carbocycles. The van der Waals surface area contributed by atoms with Gasteiger partial charge in [0.15, 0.2) is 0 Å². The summed E-state index contributed by atoms with van der Waals surface area (Å²) < 4.78 is 5.62. The van der Waals surface area contributed by atoms with Crippen molar-refractivity contribution in [3.63, 3.8) is 0 Å². The maximum absolute atomic E-state index is 10.8. The summed E-state index contributed by atoms with van der Waals surface area (Å²) in [4.78, 5) is 4.49. The first-order chi connectivity index (χ1) is 11.0. The van der Waals surface area contributed by atoms with Gasteiger partial charge in [0.05, 0.1) is 11.8 Å². The average molecular weight is 326 g/mol. The molecule has 1 N–H and O–H groups in total. The summed E-state index contributed by atoms with van der Waals surface area (Å²) in [6.45, 7) is 12.5. The van der Waals surface area contributed by atoms with Gasteiger partial charge in [0, 0.05) is 29.5 Å². The normalized spacial score (nSPS) is 12.2. The van der Waals surface area contributed by atoms with E-state index >= 15 is 0 Å². The lowest BCUT2D eigenvalue weighted by Crippen LogP contribution is -2.17. The Morgan fingerprint density at radius 2 is 1.62 bits per heavy atom. The van der Waals surface area contributed by atoms with Crippen LogP contribution >= 0.6 is 0 Å². The van der Waals surface area contributed by atoms with E-state index in [-0.39, 0.29) is 10.8 Å². The molecule has 0 unspecified atom stereocenters. The third kappa shape index (κ3) is 3.79. The SMILES string of the molecule is CC(C)(C)c1cc(-c2nc(CCC#N)co2)cc(C(C)(C)C)c1O. The molecular weight excluding hydrogens is 300 g/mol. The highest BCUT2D eigenvalue weighted by molar-refractivity contribution is 5.63. The number of phenolic OH excluding ortho intramolecular Hbond substituents is 1. The van der Waals surface area contributed by atoms with Crippen LogP contribution < -0.4 is 0 Å². The van der Waals surface area contributed by atoms with Crippen molar-refractivity contribution in [3.8, 4) is 23.3 Å². The summed E-state index contributed by atoms with van der Waals surface area (Å²) in [5, 5.41) is 19.5. The van der Waals surface area contributed by atoms with Crippen LogP contribution in [0.1, 0.15) is 64.8 Å². The molecule has 0 bridgehead atoms. The number of nitriles is 1. The molecule has 0 aliphatic rings. The molecule has 0 saturated carbocycles. The number of oxazole rings is 1. The fourth-order valence-corrected chi connectivity index (χ4v) is 2.64. The topological polar surface area (TPSA) is 70.0 Å². The predicted octanol–water partition coefficient (Wildman–Crippen LogP) is 5.10. The van der Waals surface area contributed by atoms with Crippen LogP contribution in [0.5, 0.6) is 5.75 Å². The van der Waals surface area contributed by atoms with Crippen LogP contribution in [-0.2, 0) is 17.3 Å². The number of rotatable bonds is 3. The predicted molar refractivity (Wildman–Crippen MR) is 94.9 cm³/mol. The molecule has 0 spiro atoms. The van der Waals surface area contributed by atoms with Crippen LogP contribution in [0.2, 0.25) is 0 Å². The van der Waals surface area contributed by atoms with E-state index in [0.717, 1.165) is 22.4 Å². The van der Waals surface area contributed by atoms with E-state index in [1.165, 1.54) is 0 Å². The zero-order chi connectivity index (χ0) is 18.1. The van der Waals surface area contributed by atoms with Crippen molar-refractivity contribution < 1.29 is 9.52 Å². The Hall–Kier alpha value is -2.28. The monoisotopic (exact) mass is 326 g/mol. The first-order valence-electron chi connectivity index (χ1n) is 8.23. The molecule has 0 atom stereocenters. The summed E-state index contributed by atoms with van der Waals surface area (Å²) in [6.07, 6.45) is 2.60. The molecule has 4 heteroatoms. The summed E-state index contributed by atoms with van der Waals surface area (Å²) in [5.74, 6) is 0.869. The summed E-state index contributed by atoms with van der Waals surface area (Å²) >= 11 is 0. The van der Waals surface area contributed by atoms with E-state index in [4.69, 9.17) is 9.68 Å². The molecule has 1 aromatic heterocycles. The number of hydrogen-bond acceptors (Lipinski definition) is 4. The van der Waals surface area contributed by atoms with E-state index in [1.807, 2.05) is 12.1 Å². The average Bonchev–Trinajstić information content (AvgIpc) is 2.91. The van der Waals surface area contributed by atoms with Crippen LogP contribution in [0.3, 0.4) is 0 Å². The Labute approximate surface area is 144 Å². The highest BCUT2D eigenvalue weighted by Crippen LogP contribution is 2.41. The molecule has 4 nitrogen and oxygen atoms in total. The lowest BCUT2D eigenvalue weighted by Gasteiger charge is -2.27. The summed E-state index contributed by atoms with van der Waals surface area (Å²) in [7, 11) is 0. The van der Waals surface area contributed by atoms with Crippen molar-refractivity contribution in [3.05, 3.63) is 35.2 Å². The third-order valence-corrected chi connectivity index (χ3v) is 4.02. The molecule has 128 valence electrons. The number of hydrogen-bond donors (Lipinski definition) is 1. The smallest absolute Gasteiger partial charge is 0.226 e. The van der Waals surface area contributed by atoms with Gasteiger partial charge in [-0.2, -0.15) is 5.26 Å². The van der Waals surface area contributed by atoms with E-state index in [0.29, 0.717) is 24.5 Å². The highest BCUT2D eigenvalue weighted by atomic mass is 16.3. The molecule has 1 heterocycles. The number of nitrogens with zero attached hydrogens (tertiary/aromatic N) is 2. The minimum atomic E-state index is -0.198. The number of benzene rings is 1. The highest BCUT2D eigenvalue weighted by Gasteiger charge is 2.27. The summed E-state index contributed by atoms with van der Waals surface area (Å²) in [6, 6.07) is 6.01. The molecule has 0 radical (unpaired) electrons. The number of aromatic hydroxyl groups is 1. The van der Waals surface area contributed by atoms with Crippen LogP contribution in [0.15, 0.2) is 22.8 Å². The van der Waals surface area contributed by atoms with Crippen LogP contribution in [0, 0.1) is 11.3 Å². The summed E-state index contributed by atoms with van der Waals surface area (Å²) in [5.41, 5.74) is 2.98.